The fourth-order valence-electron chi connectivity index (χ4n) is 3.02. The monoisotopic (exact) mass is 374 g/mol. The van der Waals surface area contributed by atoms with Crippen molar-refractivity contribution in [3.63, 3.8) is 0 Å². The number of benzene rings is 2. The van der Waals surface area contributed by atoms with E-state index in [9.17, 15) is 9.59 Å². The fourth-order valence-corrected chi connectivity index (χ4v) is 4.18. The summed E-state index contributed by atoms with van der Waals surface area (Å²) in [5.74, 6) is 0.401. The summed E-state index contributed by atoms with van der Waals surface area (Å²) in [6, 6.07) is 12.9. The number of nitrogens with zero attached hydrogens (tertiary/aromatic N) is 2. The van der Waals surface area contributed by atoms with Crippen LogP contribution in [0.5, 0.6) is 0 Å². The number of thioether (sulfide) groups is 1. The Balaban J connectivity index is 1.56. The number of oxazole rings is 1. The Bertz CT molecular complexity index is 1010. The maximum absolute atomic E-state index is 12.7. The van der Waals surface area contributed by atoms with Crippen LogP contribution in [0.2, 0.25) is 5.02 Å². The zero-order valence-corrected chi connectivity index (χ0v) is 14.8. The van der Waals surface area contributed by atoms with Gasteiger partial charge in [-0.3, -0.25) is 9.36 Å². The van der Waals surface area contributed by atoms with E-state index in [1.807, 2.05) is 24.3 Å². The first-order valence-corrected chi connectivity index (χ1v) is 9.31. The minimum absolute atomic E-state index is 0.00274. The van der Waals surface area contributed by atoms with Crippen LogP contribution in [0.4, 0.5) is 5.69 Å². The molecule has 128 valence electrons. The highest BCUT2D eigenvalue weighted by molar-refractivity contribution is 7.99. The number of hydrogen-bond donors (Lipinski definition) is 0. The van der Waals surface area contributed by atoms with Gasteiger partial charge in [-0.05, 0) is 24.3 Å². The third-order valence-corrected chi connectivity index (χ3v) is 5.49. The van der Waals surface area contributed by atoms with Crippen LogP contribution in [0.15, 0.2) is 56.6 Å². The number of anilines is 1. The first-order valence-electron chi connectivity index (χ1n) is 7.94. The molecule has 0 bridgehead atoms. The van der Waals surface area contributed by atoms with Crippen LogP contribution in [0.1, 0.15) is 6.42 Å². The predicted octanol–water partition coefficient (Wildman–Crippen LogP) is 3.78. The second kappa shape index (κ2) is 6.61. The maximum atomic E-state index is 12.7. The Labute approximate surface area is 153 Å². The molecule has 7 heteroatoms. The largest absolute Gasteiger partial charge is 0.419 e. The number of carbonyl (C=O) groups excluding carboxylic acids is 1. The predicted molar refractivity (Wildman–Crippen MR) is 99.6 cm³/mol. The maximum Gasteiger partial charge on any atom is 0.419 e. The highest BCUT2D eigenvalue weighted by Crippen LogP contribution is 2.34. The Morgan fingerprint density at radius 3 is 2.96 bits per heavy atom. The standard InChI is InChI=1S/C18H15ClN2O3S/c19-12-5-6-13-15(11-12)24-18(23)21(13)8-7-17(22)20-9-10-25-16-4-2-1-3-14(16)20/h1-6,11H,7-10H2. The lowest BCUT2D eigenvalue weighted by atomic mass is 10.2. The second-order valence-corrected chi connectivity index (χ2v) is 7.32. The lowest BCUT2D eigenvalue weighted by Gasteiger charge is -2.29. The summed E-state index contributed by atoms with van der Waals surface area (Å²) in [6.45, 7) is 0.954. The topological polar surface area (TPSA) is 55.5 Å². The summed E-state index contributed by atoms with van der Waals surface area (Å²) in [7, 11) is 0. The van der Waals surface area contributed by atoms with Crippen molar-refractivity contribution < 1.29 is 9.21 Å². The van der Waals surface area contributed by atoms with E-state index in [1.54, 1.807) is 34.9 Å². The third kappa shape index (κ3) is 3.07. The van der Waals surface area contributed by atoms with Gasteiger partial charge < -0.3 is 9.32 Å². The number of aromatic nitrogens is 1. The molecule has 2 heterocycles. The second-order valence-electron chi connectivity index (χ2n) is 5.74. The van der Waals surface area contributed by atoms with Crippen LogP contribution in [0.25, 0.3) is 11.1 Å². The summed E-state index contributed by atoms with van der Waals surface area (Å²) in [4.78, 5) is 27.7. The molecule has 0 unspecified atom stereocenters. The van der Waals surface area contributed by atoms with Crippen LogP contribution < -0.4 is 10.7 Å². The van der Waals surface area contributed by atoms with Crippen molar-refractivity contribution in [3.8, 4) is 0 Å². The molecule has 0 fully saturated rings. The van der Waals surface area contributed by atoms with Gasteiger partial charge in [0.15, 0.2) is 5.58 Å². The Morgan fingerprint density at radius 2 is 2.08 bits per heavy atom. The van der Waals surface area contributed by atoms with Gasteiger partial charge in [-0.1, -0.05) is 23.7 Å². The lowest BCUT2D eigenvalue weighted by Crippen LogP contribution is -2.36. The molecule has 1 aliphatic rings. The van der Waals surface area contributed by atoms with Crippen LogP contribution in [0.3, 0.4) is 0 Å². The Kier molecular flexibility index (Phi) is 4.31. The molecule has 0 saturated heterocycles. The van der Waals surface area contributed by atoms with Crippen LogP contribution in [0, 0.1) is 0 Å². The van der Waals surface area contributed by atoms with Gasteiger partial charge in [-0.15, -0.1) is 11.8 Å². The van der Waals surface area contributed by atoms with E-state index in [1.165, 1.54) is 4.57 Å². The Hall–Kier alpha value is -2.18. The van der Waals surface area contributed by atoms with Crippen molar-refractivity contribution in [3.05, 3.63) is 58.0 Å². The van der Waals surface area contributed by atoms with E-state index in [0.29, 0.717) is 22.7 Å². The molecule has 0 spiro atoms. The van der Waals surface area contributed by atoms with Crippen molar-refractivity contribution >= 4 is 46.1 Å². The molecular weight excluding hydrogens is 360 g/mol. The average Bonchev–Trinajstić information content (AvgIpc) is 2.93. The van der Waals surface area contributed by atoms with Gasteiger partial charge in [0.05, 0.1) is 11.2 Å². The van der Waals surface area contributed by atoms with E-state index in [2.05, 4.69) is 0 Å². The van der Waals surface area contributed by atoms with Crippen LogP contribution in [-0.2, 0) is 11.3 Å². The molecule has 25 heavy (non-hydrogen) atoms. The van der Waals surface area contributed by atoms with Gasteiger partial charge in [-0.25, -0.2) is 4.79 Å². The van der Waals surface area contributed by atoms with Gasteiger partial charge in [-0.2, -0.15) is 0 Å². The zero-order valence-electron chi connectivity index (χ0n) is 13.3. The number of halogens is 1. The summed E-state index contributed by atoms with van der Waals surface area (Å²) in [6.07, 6.45) is 0.232. The van der Waals surface area contributed by atoms with Crippen molar-refractivity contribution in [2.45, 2.75) is 17.9 Å². The van der Waals surface area contributed by atoms with E-state index >= 15 is 0 Å². The molecule has 0 atom stereocenters. The van der Waals surface area contributed by atoms with Crippen LogP contribution >= 0.6 is 23.4 Å². The summed E-state index contributed by atoms with van der Waals surface area (Å²) >= 11 is 7.68. The summed E-state index contributed by atoms with van der Waals surface area (Å²) < 4.78 is 6.69. The van der Waals surface area contributed by atoms with Gasteiger partial charge in [0.2, 0.25) is 5.91 Å². The van der Waals surface area contributed by atoms with E-state index in [4.69, 9.17) is 16.0 Å². The molecule has 0 radical (unpaired) electrons. The molecule has 2 aromatic carbocycles. The summed E-state index contributed by atoms with van der Waals surface area (Å²) in [5.41, 5.74) is 2.03. The van der Waals surface area contributed by atoms with Crippen molar-refractivity contribution in [1.82, 2.24) is 4.57 Å². The van der Waals surface area contributed by atoms with E-state index in [0.717, 1.165) is 16.3 Å². The molecule has 0 aliphatic carbocycles. The van der Waals surface area contributed by atoms with Crippen molar-refractivity contribution in [1.29, 1.82) is 0 Å². The smallest absolute Gasteiger partial charge is 0.408 e. The minimum Gasteiger partial charge on any atom is -0.408 e. The van der Waals surface area contributed by atoms with Crippen molar-refractivity contribution in [2.75, 3.05) is 17.2 Å². The SMILES string of the molecule is O=C(CCn1c(=O)oc2cc(Cl)ccc21)N1CCSc2ccccc21. The van der Waals surface area contributed by atoms with Gasteiger partial charge in [0, 0.05) is 41.2 Å². The van der Waals surface area contributed by atoms with Gasteiger partial charge in [0.1, 0.15) is 0 Å². The average molecular weight is 375 g/mol. The molecule has 1 aliphatic heterocycles. The molecular formula is C18H15ClN2O3S. The van der Waals surface area contributed by atoms with Crippen LogP contribution in [-0.4, -0.2) is 22.8 Å². The zero-order chi connectivity index (χ0) is 17.4. The summed E-state index contributed by atoms with van der Waals surface area (Å²) in [5, 5.41) is 0.506. The lowest BCUT2D eigenvalue weighted by molar-refractivity contribution is -0.118. The number of carbonyl (C=O) groups is 1. The van der Waals surface area contributed by atoms with E-state index in [-0.39, 0.29) is 18.9 Å². The highest BCUT2D eigenvalue weighted by atomic mass is 35.5. The third-order valence-electron chi connectivity index (χ3n) is 4.21. The number of rotatable bonds is 3. The first kappa shape index (κ1) is 16.3. The van der Waals surface area contributed by atoms with Gasteiger partial charge >= 0.3 is 5.76 Å². The quantitative estimate of drug-likeness (QED) is 0.700. The normalized spacial score (nSPS) is 13.9. The molecule has 0 saturated carbocycles. The number of fused-ring (bicyclic) bond motifs is 2. The molecule has 4 rings (SSSR count). The molecule has 0 N–H and O–H groups in total. The molecule has 1 amide bonds. The first-order chi connectivity index (χ1) is 12.1. The van der Waals surface area contributed by atoms with Crippen molar-refractivity contribution in [2.24, 2.45) is 0 Å². The van der Waals surface area contributed by atoms with E-state index < -0.39 is 5.76 Å². The number of hydrogen-bond acceptors (Lipinski definition) is 4. The Morgan fingerprint density at radius 1 is 1.24 bits per heavy atom. The minimum atomic E-state index is -0.473. The number of aryl methyl sites for hydroxylation is 1. The highest BCUT2D eigenvalue weighted by Gasteiger charge is 2.23. The van der Waals surface area contributed by atoms with Gasteiger partial charge in [0.25, 0.3) is 0 Å². The number of amides is 1. The fraction of sp³-hybridized carbons (Fsp3) is 0.222. The molecule has 5 nitrogen and oxygen atoms in total. The molecule has 3 aromatic rings. The molecule has 1 aromatic heterocycles. The number of para-hydroxylation sites is 1.